The third kappa shape index (κ3) is 7.60. The van der Waals surface area contributed by atoms with Crippen LogP contribution >= 0.6 is 0 Å². The quantitative estimate of drug-likeness (QED) is 0.542. The van der Waals surface area contributed by atoms with Gasteiger partial charge in [-0.05, 0) is 38.5 Å². The lowest BCUT2D eigenvalue weighted by Gasteiger charge is -2.22. The monoisotopic (exact) mass is 456 g/mol. The topological polar surface area (TPSA) is 116 Å². The van der Waals surface area contributed by atoms with Gasteiger partial charge in [0.2, 0.25) is 5.82 Å². The maximum atomic E-state index is 13.5. The van der Waals surface area contributed by atoms with Crippen LogP contribution in [0.4, 0.5) is 14.0 Å². The highest BCUT2D eigenvalue weighted by atomic mass is 19.1. The van der Waals surface area contributed by atoms with E-state index in [1.165, 1.54) is 18.2 Å². The molecule has 0 spiro atoms. The molecule has 0 fully saturated rings. The summed E-state index contributed by atoms with van der Waals surface area (Å²) >= 11 is 0. The fourth-order valence-corrected chi connectivity index (χ4v) is 2.73. The number of carbonyl (C=O) groups is 2. The predicted octanol–water partition coefficient (Wildman–Crippen LogP) is 4.37. The van der Waals surface area contributed by atoms with Gasteiger partial charge in [-0.1, -0.05) is 47.6 Å². The van der Waals surface area contributed by atoms with Gasteiger partial charge in [0, 0.05) is 5.56 Å². The molecule has 1 heterocycles. The van der Waals surface area contributed by atoms with Gasteiger partial charge in [-0.2, -0.15) is 4.98 Å². The summed E-state index contributed by atoms with van der Waals surface area (Å²) in [6.07, 6.45) is -1.43. The lowest BCUT2D eigenvalue weighted by molar-refractivity contribution is 0.0491. The first-order valence-corrected chi connectivity index (χ1v) is 10.2. The summed E-state index contributed by atoms with van der Waals surface area (Å²) in [5.41, 5.74) is 0.488. The average Bonchev–Trinajstić information content (AvgIpc) is 3.25. The Hall–Kier alpha value is -3.95. The van der Waals surface area contributed by atoms with Gasteiger partial charge < -0.3 is 24.6 Å². The summed E-state index contributed by atoms with van der Waals surface area (Å²) in [7, 11) is 0. The zero-order valence-electron chi connectivity index (χ0n) is 18.5. The highest BCUT2D eigenvalue weighted by molar-refractivity contribution is 5.69. The third-order valence-corrected chi connectivity index (χ3v) is 4.18. The molecule has 0 aliphatic rings. The molecule has 0 aliphatic heterocycles. The third-order valence-electron chi connectivity index (χ3n) is 4.18. The summed E-state index contributed by atoms with van der Waals surface area (Å²) < 4.78 is 29.3. The van der Waals surface area contributed by atoms with Gasteiger partial charge in [0.05, 0.1) is 6.54 Å². The molecule has 0 saturated carbocycles. The number of halogens is 1. The van der Waals surface area contributed by atoms with Crippen LogP contribution in [0.1, 0.15) is 38.3 Å². The van der Waals surface area contributed by atoms with E-state index >= 15 is 0 Å². The van der Waals surface area contributed by atoms with Crippen molar-refractivity contribution in [3.05, 3.63) is 71.9 Å². The van der Waals surface area contributed by atoms with Crippen molar-refractivity contribution >= 4 is 12.2 Å². The number of nitrogens with zero attached hydrogens (tertiary/aromatic N) is 2. The van der Waals surface area contributed by atoms with E-state index in [2.05, 4.69) is 20.8 Å². The summed E-state index contributed by atoms with van der Waals surface area (Å²) in [5, 5.41) is 9.00. The lowest BCUT2D eigenvalue weighted by atomic mass is 10.2. The lowest BCUT2D eigenvalue weighted by Crippen LogP contribution is -2.40. The van der Waals surface area contributed by atoms with Crippen molar-refractivity contribution in [2.75, 3.05) is 6.54 Å². The van der Waals surface area contributed by atoms with Crippen LogP contribution in [0, 0.1) is 5.82 Å². The molecule has 9 nitrogen and oxygen atoms in total. The van der Waals surface area contributed by atoms with E-state index in [0.717, 1.165) is 5.56 Å². The summed E-state index contributed by atoms with van der Waals surface area (Å²) in [6.45, 7) is 5.12. The van der Waals surface area contributed by atoms with Crippen molar-refractivity contribution in [2.45, 2.75) is 39.0 Å². The van der Waals surface area contributed by atoms with Gasteiger partial charge in [-0.3, -0.25) is 0 Å². The Kier molecular flexibility index (Phi) is 7.60. The molecule has 3 rings (SSSR count). The number of ether oxygens (including phenoxy) is 2. The minimum absolute atomic E-state index is 0.00322. The molecular formula is C23H25FN4O5. The van der Waals surface area contributed by atoms with Gasteiger partial charge in [0.25, 0.3) is 5.89 Å². The molecule has 174 valence electrons. The number of amides is 2. The smallest absolute Gasteiger partial charge is 0.408 e. The Morgan fingerprint density at radius 2 is 1.85 bits per heavy atom. The number of rotatable bonds is 7. The minimum Gasteiger partial charge on any atom is -0.445 e. The molecule has 0 bridgehead atoms. The van der Waals surface area contributed by atoms with Gasteiger partial charge >= 0.3 is 12.2 Å². The zero-order chi connectivity index (χ0) is 23.8. The van der Waals surface area contributed by atoms with E-state index in [-0.39, 0.29) is 24.9 Å². The first-order valence-electron chi connectivity index (χ1n) is 10.2. The predicted molar refractivity (Wildman–Crippen MR) is 116 cm³/mol. The second-order valence-corrected chi connectivity index (χ2v) is 8.11. The second-order valence-electron chi connectivity index (χ2n) is 8.11. The Balaban J connectivity index is 1.68. The van der Waals surface area contributed by atoms with Crippen molar-refractivity contribution < 1.29 is 28.0 Å². The molecule has 1 atom stereocenters. The molecule has 2 N–H and O–H groups in total. The van der Waals surface area contributed by atoms with Gasteiger partial charge in [-0.15, -0.1) is 0 Å². The number of nitrogens with one attached hydrogen (secondary N) is 2. The fraction of sp³-hybridized carbons (Fsp3) is 0.304. The van der Waals surface area contributed by atoms with Gasteiger partial charge in [-0.25, -0.2) is 14.0 Å². The van der Waals surface area contributed by atoms with E-state index in [4.69, 9.17) is 14.0 Å². The Morgan fingerprint density at radius 3 is 2.55 bits per heavy atom. The molecule has 0 saturated heterocycles. The molecule has 33 heavy (non-hydrogen) atoms. The molecule has 1 unspecified atom stereocenters. The maximum Gasteiger partial charge on any atom is 0.408 e. The first-order chi connectivity index (χ1) is 15.7. The van der Waals surface area contributed by atoms with Crippen LogP contribution in [0.2, 0.25) is 0 Å². The normalized spacial score (nSPS) is 12.0. The summed E-state index contributed by atoms with van der Waals surface area (Å²) in [6, 6.07) is 13.9. The Labute approximate surface area is 190 Å². The largest absolute Gasteiger partial charge is 0.445 e. The van der Waals surface area contributed by atoms with Crippen LogP contribution in [0.3, 0.4) is 0 Å². The number of alkyl carbamates (subject to hydrolysis) is 2. The van der Waals surface area contributed by atoms with Crippen molar-refractivity contribution in [1.82, 2.24) is 20.8 Å². The Bertz CT molecular complexity index is 1080. The standard InChI is InChI=1S/C23H25FN4O5/c1-23(2,3)32-22(30)26-18(13-25-21(29)31-14-15-8-5-4-6-9-15)20-27-19(28-33-20)16-10-7-11-17(24)12-16/h4-12,18H,13-14H2,1-3H3,(H,25,29)(H,26,30). The van der Waals surface area contributed by atoms with E-state index in [0.29, 0.717) is 5.56 Å². The molecule has 0 aliphatic carbocycles. The maximum absolute atomic E-state index is 13.5. The molecule has 2 aromatic carbocycles. The summed E-state index contributed by atoms with van der Waals surface area (Å²) in [4.78, 5) is 28.7. The van der Waals surface area contributed by atoms with Crippen molar-refractivity contribution in [3.63, 3.8) is 0 Å². The van der Waals surface area contributed by atoms with Crippen LogP contribution in [-0.4, -0.2) is 34.5 Å². The number of aromatic nitrogens is 2. The molecule has 0 radical (unpaired) electrons. The molecule has 2 amide bonds. The van der Waals surface area contributed by atoms with E-state index in [1.54, 1.807) is 26.8 Å². The van der Waals surface area contributed by atoms with Crippen molar-refractivity contribution in [3.8, 4) is 11.4 Å². The minimum atomic E-state index is -0.918. The molecule has 1 aromatic heterocycles. The first kappa shape index (κ1) is 23.7. The number of benzene rings is 2. The highest BCUT2D eigenvalue weighted by Crippen LogP contribution is 2.20. The SMILES string of the molecule is CC(C)(C)OC(=O)NC(CNC(=O)OCc1ccccc1)c1nc(-c2cccc(F)c2)no1. The molecule has 10 heteroatoms. The number of hydrogen-bond donors (Lipinski definition) is 2. The van der Waals surface area contributed by atoms with Crippen molar-refractivity contribution in [2.24, 2.45) is 0 Å². The number of carbonyl (C=O) groups excluding carboxylic acids is 2. The second kappa shape index (κ2) is 10.6. The van der Waals surface area contributed by atoms with E-state index in [1.807, 2.05) is 30.3 Å². The summed E-state index contributed by atoms with van der Waals surface area (Å²) in [5.74, 6) is -0.319. The van der Waals surface area contributed by atoms with Crippen LogP contribution < -0.4 is 10.6 Å². The van der Waals surface area contributed by atoms with Crippen LogP contribution in [0.25, 0.3) is 11.4 Å². The van der Waals surface area contributed by atoms with Gasteiger partial charge in [0.15, 0.2) is 0 Å². The van der Waals surface area contributed by atoms with Crippen LogP contribution in [0.15, 0.2) is 59.1 Å². The number of hydrogen-bond acceptors (Lipinski definition) is 7. The van der Waals surface area contributed by atoms with Crippen molar-refractivity contribution in [1.29, 1.82) is 0 Å². The van der Waals surface area contributed by atoms with Crippen LogP contribution in [0.5, 0.6) is 0 Å². The fourth-order valence-electron chi connectivity index (χ4n) is 2.73. The molecule has 3 aromatic rings. The molecular weight excluding hydrogens is 431 g/mol. The highest BCUT2D eigenvalue weighted by Gasteiger charge is 2.26. The zero-order valence-corrected chi connectivity index (χ0v) is 18.5. The van der Waals surface area contributed by atoms with E-state index < -0.39 is 29.6 Å². The van der Waals surface area contributed by atoms with Gasteiger partial charge in [0.1, 0.15) is 24.1 Å². The average molecular weight is 456 g/mol. The Morgan fingerprint density at radius 1 is 1.09 bits per heavy atom. The van der Waals surface area contributed by atoms with Crippen LogP contribution in [-0.2, 0) is 16.1 Å². The van der Waals surface area contributed by atoms with E-state index in [9.17, 15) is 14.0 Å².